The second-order valence-corrected chi connectivity index (χ2v) is 12.0. The first-order valence-corrected chi connectivity index (χ1v) is 15.2. The number of fused-ring (bicyclic) bond motifs is 1. The summed E-state index contributed by atoms with van der Waals surface area (Å²) in [4.78, 5) is 32.8. The molecule has 1 aliphatic rings. The molecule has 1 aliphatic heterocycles. The molecule has 222 valence electrons. The summed E-state index contributed by atoms with van der Waals surface area (Å²) in [5, 5.41) is 5.49. The summed E-state index contributed by atoms with van der Waals surface area (Å²) in [6, 6.07) is 23.8. The highest BCUT2D eigenvalue weighted by molar-refractivity contribution is 7.07. The average Bonchev–Trinajstić information content (AvgIpc) is 3.57. The third-order valence-corrected chi connectivity index (χ3v) is 8.42. The number of hydrogen-bond donors (Lipinski definition) is 0. The van der Waals surface area contributed by atoms with Crippen molar-refractivity contribution in [3.63, 3.8) is 0 Å². The first kappa shape index (κ1) is 29.3. The van der Waals surface area contributed by atoms with Gasteiger partial charge in [-0.3, -0.25) is 9.36 Å². The van der Waals surface area contributed by atoms with Crippen molar-refractivity contribution < 1.29 is 14.3 Å². The molecule has 0 spiro atoms. The van der Waals surface area contributed by atoms with E-state index in [9.17, 15) is 9.59 Å². The molecular formula is C34H29ClN4O4S. The Labute approximate surface area is 262 Å². The number of halogens is 1. The minimum absolute atomic E-state index is 0.272. The number of aromatic nitrogens is 3. The highest BCUT2D eigenvalue weighted by Gasteiger charge is 2.34. The minimum atomic E-state index is -0.728. The maximum atomic E-state index is 14.2. The van der Waals surface area contributed by atoms with E-state index in [4.69, 9.17) is 31.2 Å². The van der Waals surface area contributed by atoms with Crippen LogP contribution in [0.15, 0.2) is 106 Å². The van der Waals surface area contributed by atoms with Crippen LogP contribution in [0.3, 0.4) is 0 Å². The number of rotatable bonds is 7. The molecule has 3 aromatic carbocycles. The first-order valence-electron chi connectivity index (χ1n) is 14.0. The molecule has 0 saturated heterocycles. The lowest BCUT2D eigenvalue weighted by atomic mass is 9.96. The van der Waals surface area contributed by atoms with Gasteiger partial charge in [0.1, 0.15) is 11.4 Å². The van der Waals surface area contributed by atoms with E-state index >= 15 is 0 Å². The fourth-order valence-electron chi connectivity index (χ4n) is 5.14. The molecule has 6 rings (SSSR count). The van der Waals surface area contributed by atoms with Crippen molar-refractivity contribution in [1.82, 2.24) is 14.3 Å². The number of methoxy groups -OCH3 is 1. The van der Waals surface area contributed by atoms with Gasteiger partial charge in [0.25, 0.3) is 5.56 Å². The SMILES string of the molecule is COc1ccc(C2C(C(=O)OC(C)C)=C(C)N=c3sc(=Cc4cn(-c5ccccc5)nc4-c4ccc(Cl)cc4)c(=O)n32)cc1. The van der Waals surface area contributed by atoms with Gasteiger partial charge >= 0.3 is 5.97 Å². The summed E-state index contributed by atoms with van der Waals surface area (Å²) in [6.07, 6.45) is 3.39. The highest BCUT2D eigenvalue weighted by atomic mass is 35.5. The van der Waals surface area contributed by atoms with Gasteiger partial charge < -0.3 is 9.47 Å². The van der Waals surface area contributed by atoms with E-state index in [2.05, 4.69) is 0 Å². The average molecular weight is 625 g/mol. The van der Waals surface area contributed by atoms with E-state index in [0.29, 0.717) is 37.1 Å². The van der Waals surface area contributed by atoms with Crippen LogP contribution in [0.2, 0.25) is 5.02 Å². The number of para-hydroxylation sites is 1. The first-order chi connectivity index (χ1) is 21.2. The summed E-state index contributed by atoms with van der Waals surface area (Å²) in [5.41, 5.74) is 4.47. The fraction of sp³-hybridized carbons (Fsp3) is 0.176. The van der Waals surface area contributed by atoms with Crippen molar-refractivity contribution in [1.29, 1.82) is 0 Å². The summed E-state index contributed by atoms with van der Waals surface area (Å²) in [7, 11) is 1.59. The lowest BCUT2D eigenvalue weighted by molar-refractivity contribution is -0.143. The lowest BCUT2D eigenvalue weighted by Gasteiger charge is -2.25. The zero-order valence-corrected chi connectivity index (χ0v) is 26.1. The minimum Gasteiger partial charge on any atom is -0.497 e. The van der Waals surface area contributed by atoms with Gasteiger partial charge in [0, 0.05) is 22.3 Å². The van der Waals surface area contributed by atoms with Crippen LogP contribution in [0, 0.1) is 0 Å². The van der Waals surface area contributed by atoms with E-state index in [1.165, 1.54) is 11.3 Å². The number of thiazole rings is 1. The molecule has 0 fully saturated rings. The normalized spacial score (nSPS) is 14.9. The van der Waals surface area contributed by atoms with E-state index in [0.717, 1.165) is 22.4 Å². The summed E-state index contributed by atoms with van der Waals surface area (Å²) in [6.45, 7) is 5.35. The van der Waals surface area contributed by atoms with E-state index in [-0.39, 0.29) is 11.7 Å². The number of hydrogen-bond acceptors (Lipinski definition) is 7. The maximum absolute atomic E-state index is 14.2. The third kappa shape index (κ3) is 5.64. The molecule has 3 heterocycles. The third-order valence-electron chi connectivity index (χ3n) is 7.18. The molecule has 10 heteroatoms. The standard InChI is InChI=1S/C34H29ClN4O4S/c1-20(2)43-33(41)29-21(3)36-34-39(31(29)23-12-16-27(42-4)17-13-23)32(40)28(44-34)18-24-19-38(26-8-6-5-7-9-26)37-30(24)22-10-14-25(35)15-11-22/h5-20,31H,1-4H3. The van der Waals surface area contributed by atoms with Crippen LogP contribution in [0.1, 0.15) is 37.9 Å². The van der Waals surface area contributed by atoms with Crippen molar-refractivity contribution in [2.75, 3.05) is 7.11 Å². The van der Waals surface area contributed by atoms with Gasteiger partial charge in [-0.05, 0) is 68.8 Å². The van der Waals surface area contributed by atoms with Crippen LogP contribution in [0.25, 0.3) is 23.0 Å². The van der Waals surface area contributed by atoms with Gasteiger partial charge in [0.05, 0.1) is 40.7 Å². The summed E-state index contributed by atoms with van der Waals surface area (Å²) >= 11 is 7.44. The number of nitrogens with zero attached hydrogens (tertiary/aromatic N) is 4. The van der Waals surface area contributed by atoms with Gasteiger partial charge in [0.15, 0.2) is 4.80 Å². The van der Waals surface area contributed by atoms with Crippen LogP contribution in [-0.4, -0.2) is 33.5 Å². The van der Waals surface area contributed by atoms with Crippen LogP contribution in [0.5, 0.6) is 5.75 Å². The van der Waals surface area contributed by atoms with Crippen molar-refractivity contribution in [3.05, 3.63) is 132 Å². The number of allylic oxidation sites excluding steroid dienone is 1. The number of carbonyl (C=O) groups is 1. The Morgan fingerprint density at radius 1 is 1.02 bits per heavy atom. The summed E-state index contributed by atoms with van der Waals surface area (Å²) in [5.74, 6) is 0.156. The Balaban J connectivity index is 1.55. The molecule has 1 atom stereocenters. The number of carbonyl (C=O) groups excluding carboxylic acids is 1. The van der Waals surface area contributed by atoms with Crippen molar-refractivity contribution in [3.8, 4) is 22.7 Å². The molecule has 0 bridgehead atoms. The van der Waals surface area contributed by atoms with Crippen LogP contribution < -0.4 is 19.6 Å². The number of ether oxygens (including phenoxy) is 2. The predicted molar refractivity (Wildman–Crippen MR) is 172 cm³/mol. The van der Waals surface area contributed by atoms with Gasteiger partial charge in [-0.1, -0.05) is 65.4 Å². The van der Waals surface area contributed by atoms with Gasteiger partial charge in [0.2, 0.25) is 0 Å². The molecule has 0 saturated carbocycles. The zero-order chi connectivity index (χ0) is 31.0. The monoisotopic (exact) mass is 624 g/mol. The van der Waals surface area contributed by atoms with E-state index < -0.39 is 12.0 Å². The van der Waals surface area contributed by atoms with Crippen LogP contribution in [-0.2, 0) is 9.53 Å². The van der Waals surface area contributed by atoms with E-state index in [1.807, 2.05) is 91.1 Å². The Hall–Kier alpha value is -4.73. The molecule has 0 amide bonds. The molecular weight excluding hydrogens is 596 g/mol. The molecule has 0 radical (unpaired) electrons. The lowest BCUT2D eigenvalue weighted by Crippen LogP contribution is -2.40. The Morgan fingerprint density at radius 3 is 2.39 bits per heavy atom. The van der Waals surface area contributed by atoms with Gasteiger partial charge in [-0.15, -0.1) is 0 Å². The number of benzene rings is 3. The molecule has 44 heavy (non-hydrogen) atoms. The van der Waals surface area contributed by atoms with Crippen molar-refractivity contribution >= 4 is 35.0 Å². The van der Waals surface area contributed by atoms with Crippen LogP contribution in [0.4, 0.5) is 0 Å². The Morgan fingerprint density at radius 2 is 1.73 bits per heavy atom. The number of esters is 1. The molecule has 8 nitrogen and oxygen atoms in total. The molecule has 1 unspecified atom stereocenters. The molecule has 0 N–H and O–H groups in total. The van der Waals surface area contributed by atoms with E-state index in [1.54, 1.807) is 37.1 Å². The van der Waals surface area contributed by atoms with Crippen LogP contribution >= 0.6 is 22.9 Å². The predicted octanol–water partition coefficient (Wildman–Crippen LogP) is 5.70. The van der Waals surface area contributed by atoms with Gasteiger partial charge in [-0.2, -0.15) is 5.10 Å². The largest absolute Gasteiger partial charge is 0.497 e. The fourth-order valence-corrected chi connectivity index (χ4v) is 6.30. The highest BCUT2D eigenvalue weighted by Crippen LogP contribution is 2.32. The maximum Gasteiger partial charge on any atom is 0.338 e. The summed E-state index contributed by atoms with van der Waals surface area (Å²) < 4.78 is 14.8. The second kappa shape index (κ2) is 12.1. The topological polar surface area (TPSA) is 87.7 Å². The second-order valence-electron chi connectivity index (χ2n) is 10.5. The Bertz CT molecular complexity index is 2060. The van der Waals surface area contributed by atoms with Gasteiger partial charge in [-0.25, -0.2) is 14.5 Å². The smallest absolute Gasteiger partial charge is 0.338 e. The van der Waals surface area contributed by atoms with Crippen molar-refractivity contribution in [2.45, 2.75) is 32.9 Å². The van der Waals surface area contributed by atoms with Crippen molar-refractivity contribution in [2.24, 2.45) is 4.99 Å². The Kier molecular flexibility index (Phi) is 8.07. The molecule has 2 aromatic heterocycles. The quantitative estimate of drug-likeness (QED) is 0.217. The molecule has 5 aromatic rings. The zero-order valence-electron chi connectivity index (χ0n) is 24.5. The molecule has 0 aliphatic carbocycles.